The van der Waals surface area contributed by atoms with Crippen LogP contribution < -0.4 is 5.32 Å². The van der Waals surface area contributed by atoms with Crippen molar-refractivity contribution in [3.63, 3.8) is 0 Å². The molecule has 0 aromatic heterocycles. The molecule has 4 heteroatoms. The molecule has 0 aliphatic rings. The molecule has 0 unspecified atom stereocenters. The quantitative estimate of drug-likeness (QED) is 0.907. The predicted molar refractivity (Wildman–Crippen MR) is 77.2 cm³/mol. The van der Waals surface area contributed by atoms with E-state index in [1.54, 1.807) is 24.3 Å². The van der Waals surface area contributed by atoms with Gasteiger partial charge >= 0.3 is 0 Å². The molecular weight excluding hydrogens is 240 g/mol. The molecule has 2 amide bonds. The van der Waals surface area contributed by atoms with Crippen molar-refractivity contribution in [3.05, 3.63) is 29.8 Å². The minimum Gasteiger partial charge on any atom is -0.334 e. The van der Waals surface area contributed by atoms with E-state index >= 15 is 0 Å². The second-order valence-corrected chi connectivity index (χ2v) is 5.16. The summed E-state index contributed by atoms with van der Waals surface area (Å²) in [6.45, 7) is 9.43. The molecule has 1 N–H and O–H groups in total. The molecular formula is C15H22N2O2. The molecule has 0 saturated heterocycles. The molecule has 0 fully saturated rings. The first kappa shape index (κ1) is 15.2. The van der Waals surface area contributed by atoms with E-state index in [1.165, 1.54) is 6.92 Å². The maximum Gasteiger partial charge on any atom is 0.254 e. The summed E-state index contributed by atoms with van der Waals surface area (Å²) in [6, 6.07) is 7.30. The van der Waals surface area contributed by atoms with Crippen LogP contribution in [0.15, 0.2) is 24.3 Å². The van der Waals surface area contributed by atoms with E-state index in [9.17, 15) is 9.59 Å². The first-order valence-corrected chi connectivity index (χ1v) is 6.53. The van der Waals surface area contributed by atoms with Crippen LogP contribution >= 0.6 is 0 Å². The summed E-state index contributed by atoms with van der Waals surface area (Å²) in [5, 5.41) is 2.69. The third-order valence-corrected chi connectivity index (χ3v) is 2.78. The van der Waals surface area contributed by atoms with Crippen molar-refractivity contribution in [1.82, 2.24) is 4.90 Å². The number of nitrogens with zero attached hydrogens (tertiary/aromatic N) is 1. The second kappa shape index (κ2) is 6.36. The van der Waals surface area contributed by atoms with Gasteiger partial charge in [-0.2, -0.15) is 0 Å². The average Bonchev–Trinajstić information content (AvgIpc) is 2.27. The second-order valence-electron chi connectivity index (χ2n) is 5.16. The normalized spacial score (nSPS) is 10.7. The van der Waals surface area contributed by atoms with E-state index in [0.717, 1.165) is 0 Å². The molecule has 1 rings (SSSR count). The monoisotopic (exact) mass is 262 g/mol. The minimum atomic E-state index is -0.144. The van der Waals surface area contributed by atoms with Gasteiger partial charge in [0.15, 0.2) is 0 Å². The predicted octanol–water partition coefficient (Wildman–Crippen LogP) is 2.90. The Morgan fingerprint density at radius 2 is 1.68 bits per heavy atom. The molecule has 0 bridgehead atoms. The number of hydrogen-bond donors (Lipinski definition) is 1. The van der Waals surface area contributed by atoms with Gasteiger partial charge in [-0.1, -0.05) is 6.07 Å². The molecule has 0 radical (unpaired) electrons. The summed E-state index contributed by atoms with van der Waals surface area (Å²) < 4.78 is 0. The number of carbonyl (C=O) groups excluding carboxylic acids is 2. The zero-order valence-corrected chi connectivity index (χ0v) is 12.2. The van der Waals surface area contributed by atoms with Crippen LogP contribution in [-0.4, -0.2) is 28.8 Å². The lowest BCUT2D eigenvalue weighted by molar-refractivity contribution is -0.114. The van der Waals surface area contributed by atoms with Crippen LogP contribution in [0.2, 0.25) is 0 Å². The fraction of sp³-hybridized carbons (Fsp3) is 0.467. The van der Waals surface area contributed by atoms with Crippen molar-refractivity contribution >= 4 is 17.5 Å². The third-order valence-electron chi connectivity index (χ3n) is 2.78. The molecule has 0 aliphatic heterocycles. The number of amides is 2. The molecule has 104 valence electrons. The topological polar surface area (TPSA) is 49.4 Å². The highest BCUT2D eigenvalue weighted by molar-refractivity contribution is 5.97. The third kappa shape index (κ3) is 4.09. The van der Waals surface area contributed by atoms with Crippen molar-refractivity contribution in [2.45, 2.75) is 46.7 Å². The Balaban J connectivity index is 3.01. The number of benzene rings is 1. The van der Waals surface area contributed by atoms with E-state index in [-0.39, 0.29) is 23.9 Å². The minimum absolute atomic E-state index is 0.0165. The highest BCUT2D eigenvalue weighted by atomic mass is 16.2. The Bertz CT molecular complexity index is 459. The van der Waals surface area contributed by atoms with Crippen LogP contribution in [0, 0.1) is 0 Å². The lowest BCUT2D eigenvalue weighted by atomic mass is 10.1. The summed E-state index contributed by atoms with van der Waals surface area (Å²) in [5.74, 6) is -0.161. The number of hydrogen-bond acceptors (Lipinski definition) is 2. The van der Waals surface area contributed by atoms with Gasteiger partial charge in [0, 0.05) is 30.3 Å². The molecule has 0 heterocycles. The largest absolute Gasteiger partial charge is 0.334 e. The fourth-order valence-corrected chi connectivity index (χ4v) is 2.15. The van der Waals surface area contributed by atoms with Crippen molar-refractivity contribution in [3.8, 4) is 0 Å². The van der Waals surface area contributed by atoms with Crippen molar-refractivity contribution in [2.24, 2.45) is 0 Å². The highest BCUT2D eigenvalue weighted by Gasteiger charge is 2.21. The Kier molecular flexibility index (Phi) is 5.10. The number of anilines is 1. The maximum atomic E-state index is 12.5. The average molecular weight is 262 g/mol. The summed E-state index contributed by atoms with van der Waals surface area (Å²) in [7, 11) is 0. The van der Waals surface area contributed by atoms with Gasteiger partial charge in [0.2, 0.25) is 5.91 Å². The van der Waals surface area contributed by atoms with E-state index < -0.39 is 0 Å². The van der Waals surface area contributed by atoms with E-state index in [2.05, 4.69) is 5.32 Å². The number of nitrogens with one attached hydrogen (secondary N) is 1. The van der Waals surface area contributed by atoms with Gasteiger partial charge in [-0.25, -0.2) is 0 Å². The maximum absolute atomic E-state index is 12.5. The van der Waals surface area contributed by atoms with Gasteiger partial charge in [-0.15, -0.1) is 0 Å². The highest BCUT2D eigenvalue weighted by Crippen LogP contribution is 2.16. The van der Waals surface area contributed by atoms with Crippen molar-refractivity contribution in [1.29, 1.82) is 0 Å². The SMILES string of the molecule is CC(=O)Nc1cccc(C(=O)N(C(C)C)C(C)C)c1. The van der Waals surface area contributed by atoms with Gasteiger partial charge in [-0.05, 0) is 45.9 Å². The van der Waals surface area contributed by atoms with Crippen LogP contribution in [0.4, 0.5) is 5.69 Å². The molecule has 0 spiro atoms. The lowest BCUT2D eigenvalue weighted by Crippen LogP contribution is -2.42. The molecule has 0 atom stereocenters. The summed E-state index contributed by atoms with van der Waals surface area (Å²) in [4.78, 5) is 25.3. The molecule has 1 aromatic carbocycles. The van der Waals surface area contributed by atoms with E-state index in [1.807, 2.05) is 32.6 Å². The van der Waals surface area contributed by atoms with Gasteiger partial charge in [0.05, 0.1) is 0 Å². The van der Waals surface area contributed by atoms with Gasteiger partial charge < -0.3 is 10.2 Å². The van der Waals surface area contributed by atoms with Gasteiger partial charge in [-0.3, -0.25) is 9.59 Å². The number of rotatable bonds is 4. The van der Waals surface area contributed by atoms with Crippen LogP contribution in [0.3, 0.4) is 0 Å². The molecule has 4 nitrogen and oxygen atoms in total. The van der Waals surface area contributed by atoms with Crippen molar-refractivity contribution in [2.75, 3.05) is 5.32 Å². The van der Waals surface area contributed by atoms with Crippen LogP contribution in [0.25, 0.3) is 0 Å². The van der Waals surface area contributed by atoms with E-state index in [0.29, 0.717) is 11.3 Å². The summed E-state index contributed by atoms with van der Waals surface area (Å²) in [5.41, 5.74) is 1.24. The van der Waals surface area contributed by atoms with Gasteiger partial charge in [0.1, 0.15) is 0 Å². The smallest absolute Gasteiger partial charge is 0.254 e. The van der Waals surface area contributed by atoms with Crippen LogP contribution in [0.1, 0.15) is 45.0 Å². The Morgan fingerprint density at radius 1 is 1.11 bits per heavy atom. The zero-order valence-electron chi connectivity index (χ0n) is 12.2. The zero-order chi connectivity index (χ0) is 14.6. The van der Waals surface area contributed by atoms with Gasteiger partial charge in [0.25, 0.3) is 5.91 Å². The fourth-order valence-electron chi connectivity index (χ4n) is 2.15. The Morgan fingerprint density at radius 3 is 2.16 bits per heavy atom. The summed E-state index contributed by atoms with van der Waals surface area (Å²) in [6.07, 6.45) is 0. The van der Waals surface area contributed by atoms with Crippen LogP contribution in [0.5, 0.6) is 0 Å². The Labute approximate surface area is 114 Å². The summed E-state index contributed by atoms with van der Waals surface area (Å²) >= 11 is 0. The van der Waals surface area contributed by atoms with Crippen molar-refractivity contribution < 1.29 is 9.59 Å². The van der Waals surface area contributed by atoms with Crippen LogP contribution in [-0.2, 0) is 4.79 Å². The standard InChI is InChI=1S/C15H22N2O2/c1-10(2)17(11(3)4)15(19)13-7-6-8-14(9-13)16-12(5)18/h6-11H,1-5H3,(H,16,18). The number of carbonyl (C=O) groups is 2. The lowest BCUT2D eigenvalue weighted by Gasteiger charge is -2.31. The van der Waals surface area contributed by atoms with E-state index in [4.69, 9.17) is 0 Å². The molecule has 19 heavy (non-hydrogen) atoms. The first-order chi connectivity index (χ1) is 8.82. The molecule has 1 aromatic rings. The molecule has 0 saturated carbocycles. The molecule has 0 aliphatic carbocycles. The first-order valence-electron chi connectivity index (χ1n) is 6.53. The Hall–Kier alpha value is -1.84.